The monoisotopic (exact) mass is 313 g/mol. The van der Waals surface area contributed by atoms with E-state index < -0.39 is 11.4 Å². The summed E-state index contributed by atoms with van der Waals surface area (Å²) in [6, 6.07) is 0. The molecule has 0 atom stereocenters. The van der Waals surface area contributed by atoms with Crippen LogP contribution in [0.1, 0.15) is 64.2 Å². The average molecular weight is 313 g/mol. The van der Waals surface area contributed by atoms with E-state index in [-0.39, 0.29) is 17.1 Å². The molecule has 1 amide bonds. The Hall–Kier alpha value is -0.710. The van der Waals surface area contributed by atoms with Crippen molar-refractivity contribution in [3.05, 3.63) is 0 Å². The molecule has 0 aromatic carbocycles. The molecule has 2 aliphatic rings. The number of nitrogens with one attached hydrogen (secondary N) is 1. The average Bonchev–Trinajstić information content (AvgIpc) is 2.95. The van der Waals surface area contributed by atoms with Gasteiger partial charge in [-0.15, -0.1) is 0 Å². The molecular formula is C16H27NO3S. The number of hydrogen-bond acceptors (Lipinski definition) is 3. The quantitative estimate of drug-likeness (QED) is 0.790. The summed E-state index contributed by atoms with van der Waals surface area (Å²) in [7, 11) is 0. The van der Waals surface area contributed by atoms with Gasteiger partial charge < -0.3 is 10.4 Å². The van der Waals surface area contributed by atoms with Gasteiger partial charge in [0.15, 0.2) is 0 Å². The lowest BCUT2D eigenvalue weighted by atomic mass is 9.71. The van der Waals surface area contributed by atoms with E-state index >= 15 is 0 Å². The highest BCUT2D eigenvalue weighted by molar-refractivity contribution is 8.00. The predicted octanol–water partition coefficient (Wildman–Crippen LogP) is 3.20. The SMILES string of the molecule is CSC1(CNC(=O)CC2(C(=O)O)CCCCC2)CCCC1. The zero-order valence-corrected chi connectivity index (χ0v) is 13.8. The number of carboxylic acid groups (broad SMARTS) is 1. The van der Waals surface area contributed by atoms with Crippen molar-refractivity contribution in [1.82, 2.24) is 5.32 Å². The van der Waals surface area contributed by atoms with E-state index in [0.29, 0.717) is 19.4 Å². The van der Waals surface area contributed by atoms with Crippen molar-refractivity contribution in [2.45, 2.75) is 69.0 Å². The second-order valence-corrected chi connectivity index (χ2v) is 7.97. The highest BCUT2D eigenvalue weighted by Crippen LogP contribution is 2.41. The maximum atomic E-state index is 12.3. The predicted molar refractivity (Wildman–Crippen MR) is 85.5 cm³/mol. The van der Waals surface area contributed by atoms with Gasteiger partial charge >= 0.3 is 5.97 Å². The van der Waals surface area contributed by atoms with Gasteiger partial charge in [0.1, 0.15) is 0 Å². The van der Waals surface area contributed by atoms with Crippen LogP contribution >= 0.6 is 11.8 Å². The van der Waals surface area contributed by atoms with Crippen LogP contribution in [0, 0.1) is 5.41 Å². The minimum absolute atomic E-state index is 0.0837. The molecule has 0 heterocycles. The summed E-state index contributed by atoms with van der Waals surface area (Å²) in [5, 5.41) is 12.6. The fourth-order valence-corrected chi connectivity index (χ4v) is 4.71. The summed E-state index contributed by atoms with van der Waals surface area (Å²) >= 11 is 1.84. The second-order valence-electron chi connectivity index (χ2n) is 6.69. The maximum Gasteiger partial charge on any atom is 0.310 e. The summed E-state index contributed by atoms with van der Waals surface area (Å²) < 4.78 is 0.179. The molecule has 0 aliphatic heterocycles. The second kappa shape index (κ2) is 7.03. The number of hydrogen-bond donors (Lipinski definition) is 2. The Morgan fingerprint density at radius 3 is 2.14 bits per heavy atom. The van der Waals surface area contributed by atoms with Gasteiger partial charge in [0.05, 0.1) is 5.41 Å². The number of carboxylic acids is 1. The lowest BCUT2D eigenvalue weighted by Gasteiger charge is -2.33. The van der Waals surface area contributed by atoms with Crippen molar-refractivity contribution in [3.63, 3.8) is 0 Å². The van der Waals surface area contributed by atoms with Crippen LogP contribution in [-0.4, -0.2) is 34.5 Å². The number of carbonyl (C=O) groups excluding carboxylic acids is 1. The zero-order chi connectivity index (χ0) is 15.3. The van der Waals surface area contributed by atoms with Crippen molar-refractivity contribution in [3.8, 4) is 0 Å². The van der Waals surface area contributed by atoms with E-state index in [4.69, 9.17) is 0 Å². The Kier molecular flexibility index (Phi) is 5.58. The summed E-state index contributed by atoms with van der Waals surface area (Å²) in [5.74, 6) is -0.877. The first kappa shape index (κ1) is 16.7. The highest BCUT2D eigenvalue weighted by atomic mass is 32.2. The molecular weight excluding hydrogens is 286 g/mol. The van der Waals surface area contributed by atoms with Gasteiger partial charge in [0.25, 0.3) is 0 Å². The minimum atomic E-state index is -0.815. The summed E-state index contributed by atoms with van der Waals surface area (Å²) in [5.41, 5.74) is -0.815. The Bertz CT molecular complexity index is 385. The van der Waals surface area contributed by atoms with E-state index in [2.05, 4.69) is 11.6 Å². The molecule has 0 radical (unpaired) electrons. The van der Waals surface area contributed by atoms with Crippen molar-refractivity contribution < 1.29 is 14.7 Å². The van der Waals surface area contributed by atoms with Crippen LogP contribution in [0.25, 0.3) is 0 Å². The van der Waals surface area contributed by atoms with Crippen molar-refractivity contribution >= 4 is 23.6 Å². The van der Waals surface area contributed by atoms with E-state index in [1.807, 2.05) is 11.8 Å². The fraction of sp³-hybridized carbons (Fsp3) is 0.875. The lowest BCUT2D eigenvalue weighted by Crippen LogP contribution is -2.43. The lowest BCUT2D eigenvalue weighted by molar-refractivity contribution is -0.154. The Morgan fingerprint density at radius 1 is 1.05 bits per heavy atom. The molecule has 0 spiro atoms. The van der Waals surface area contributed by atoms with Gasteiger partial charge in [-0.2, -0.15) is 11.8 Å². The van der Waals surface area contributed by atoms with Crippen molar-refractivity contribution in [2.24, 2.45) is 5.41 Å². The highest BCUT2D eigenvalue weighted by Gasteiger charge is 2.42. The molecule has 4 nitrogen and oxygen atoms in total. The molecule has 2 aliphatic carbocycles. The largest absolute Gasteiger partial charge is 0.481 e. The maximum absolute atomic E-state index is 12.3. The molecule has 2 saturated carbocycles. The molecule has 5 heteroatoms. The number of thioether (sulfide) groups is 1. The van der Waals surface area contributed by atoms with E-state index in [9.17, 15) is 14.7 Å². The van der Waals surface area contributed by atoms with Gasteiger partial charge in [-0.25, -0.2) is 0 Å². The third-order valence-electron chi connectivity index (χ3n) is 5.32. The topological polar surface area (TPSA) is 66.4 Å². The normalized spacial score (nSPS) is 23.7. The Morgan fingerprint density at radius 2 is 1.62 bits per heavy atom. The van der Waals surface area contributed by atoms with Gasteiger partial charge in [0, 0.05) is 17.7 Å². The fourth-order valence-electron chi connectivity index (χ4n) is 3.80. The minimum Gasteiger partial charge on any atom is -0.481 e. The van der Waals surface area contributed by atoms with Crippen LogP contribution in [0.3, 0.4) is 0 Å². The number of carbonyl (C=O) groups is 2. The number of amides is 1. The first-order chi connectivity index (χ1) is 10.0. The van der Waals surface area contributed by atoms with Crippen LogP contribution in [0.5, 0.6) is 0 Å². The molecule has 120 valence electrons. The van der Waals surface area contributed by atoms with Gasteiger partial charge in [-0.3, -0.25) is 9.59 Å². The Labute approximate surface area is 131 Å². The third kappa shape index (κ3) is 3.93. The van der Waals surface area contributed by atoms with Gasteiger partial charge in [-0.05, 0) is 31.9 Å². The van der Waals surface area contributed by atoms with Gasteiger partial charge in [0.2, 0.25) is 5.91 Å². The van der Waals surface area contributed by atoms with Crippen LogP contribution in [0.4, 0.5) is 0 Å². The molecule has 0 aromatic rings. The molecule has 2 fully saturated rings. The molecule has 2 rings (SSSR count). The van der Waals surface area contributed by atoms with E-state index in [1.165, 1.54) is 12.8 Å². The molecule has 2 N–H and O–H groups in total. The standard InChI is InChI=1S/C16H27NO3S/c1-21-16(9-5-6-10-16)12-17-13(18)11-15(14(19)20)7-3-2-4-8-15/h2-12H2,1H3,(H,17,18)(H,19,20). The molecule has 0 unspecified atom stereocenters. The third-order valence-corrected chi connectivity index (χ3v) is 6.74. The van der Waals surface area contributed by atoms with Crippen molar-refractivity contribution in [1.29, 1.82) is 0 Å². The Balaban J connectivity index is 1.89. The smallest absolute Gasteiger partial charge is 0.310 e. The van der Waals surface area contributed by atoms with Crippen molar-refractivity contribution in [2.75, 3.05) is 12.8 Å². The molecule has 0 bridgehead atoms. The first-order valence-corrected chi connectivity index (χ1v) is 9.30. The molecule has 21 heavy (non-hydrogen) atoms. The van der Waals surface area contributed by atoms with E-state index in [1.54, 1.807) is 0 Å². The molecule has 0 aromatic heterocycles. The van der Waals surface area contributed by atoms with Crippen LogP contribution in [0.2, 0.25) is 0 Å². The summed E-state index contributed by atoms with van der Waals surface area (Å²) in [6.07, 6.45) is 11.2. The number of aliphatic carboxylic acids is 1. The van der Waals surface area contributed by atoms with Gasteiger partial charge in [-0.1, -0.05) is 32.1 Å². The van der Waals surface area contributed by atoms with Crippen LogP contribution in [-0.2, 0) is 9.59 Å². The zero-order valence-electron chi connectivity index (χ0n) is 13.0. The van der Waals surface area contributed by atoms with Crippen LogP contribution < -0.4 is 5.32 Å². The molecule has 0 saturated heterocycles. The summed E-state index contributed by atoms with van der Waals surface area (Å²) in [4.78, 5) is 23.9. The number of rotatable bonds is 6. The van der Waals surface area contributed by atoms with Crippen LogP contribution in [0.15, 0.2) is 0 Å². The first-order valence-electron chi connectivity index (χ1n) is 8.07. The summed E-state index contributed by atoms with van der Waals surface area (Å²) in [6.45, 7) is 0.683. The van der Waals surface area contributed by atoms with E-state index in [0.717, 1.165) is 32.1 Å².